The molecule has 1 heterocycles. The van der Waals surface area contributed by atoms with E-state index in [0.29, 0.717) is 11.6 Å². The Morgan fingerprint density at radius 3 is 2.86 bits per heavy atom. The van der Waals surface area contributed by atoms with Gasteiger partial charge in [-0.1, -0.05) is 28.3 Å². The molecule has 0 spiro atoms. The number of nitrogens with one attached hydrogen (secondary N) is 2. The van der Waals surface area contributed by atoms with Crippen LogP contribution in [0.3, 0.4) is 0 Å². The molecule has 2 rings (SSSR count). The van der Waals surface area contributed by atoms with Crippen LogP contribution in [0.25, 0.3) is 0 Å². The second-order valence-electron chi connectivity index (χ2n) is 3.83. The van der Waals surface area contributed by atoms with Crippen LogP contribution in [-0.4, -0.2) is 31.2 Å². The lowest BCUT2D eigenvalue weighted by Gasteiger charge is -2.08. The van der Waals surface area contributed by atoms with Gasteiger partial charge in [0.2, 0.25) is 0 Å². The number of carbonyl (C=O) groups excluding carboxylic acids is 1. The summed E-state index contributed by atoms with van der Waals surface area (Å²) in [6, 6.07) is 4.57. The monoisotopic (exact) mass is 344 g/mol. The molecule has 0 bridgehead atoms. The number of halogens is 2. The lowest BCUT2D eigenvalue weighted by atomic mass is 10.2. The van der Waals surface area contributed by atoms with E-state index in [9.17, 15) is 4.79 Å². The minimum absolute atomic E-state index is 0.0340. The molecule has 0 fully saturated rings. The second kappa shape index (κ2) is 6.79. The van der Waals surface area contributed by atoms with Crippen LogP contribution >= 0.6 is 35.4 Å². The summed E-state index contributed by atoms with van der Waals surface area (Å²) in [5.41, 5.74) is 0.221. The van der Waals surface area contributed by atoms with Crippen molar-refractivity contribution in [1.82, 2.24) is 25.5 Å². The van der Waals surface area contributed by atoms with Gasteiger partial charge in [0.15, 0.2) is 5.11 Å². The first-order valence-corrected chi connectivity index (χ1v) is 7.01. The number of hydrogen-bond donors (Lipinski definition) is 2. The zero-order valence-electron chi connectivity index (χ0n) is 10.8. The SMILES string of the molecule is CCn1nnc(NC(=S)NC(=O)c2cc(Cl)ccc2Cl)n1. The van der Waals surface area contributed by atoms with Crippen LogP contribution in [0, 0.1) is 0 Å². The van der Waals surface area contributed by atoms with E-state index in [1.54, 1.807) is 6.07 Å². The van der Waals surface area contributed by atoms with Crippen LogP contribution in [-0.2, 0) is 6.54 Å². The van der Waals surface area contributed by atoms with Gasteiger partial charge in [-0.25, -0.2) is 0 Å². The van der Waals surface area contributed by atoms with Crippen LogP contribution in [0.15, 0.2) is 18.2 Å². The van der Waals surface area contributed by atoms with E-state index < -0.39 is 5.91 Å². The van der Waals surface area contributed by atoms with Gasteiger partial charge in [0.25, 0.3) is 11.9 Å². The van der Waals surface area contributed by atoms with Crippen LogP contribution in [0.1, 0.15) is 17.3 Å². The topological polar surface area (TPSA) is 84.7 Å². The fourth-order valence-corrected chi connectivity index (χ4v) is 1.96. The van der Waals surface area contributed by atoms with Crippen molar-refractivity contribution in [3.05, 3.63) is 33.8 Å². The third-order valence-corrected chi connectivity index (χ3v) is 3.13. The molecular weight excluding hydrogens is 335 g/mol. The number of benzene rings is 1. The number of aromatic nitrogens is 4. The van der Waals surface area contributed by atoms with Crippen molar-refractivity contribution < 1.29 is 4.79 Å². The van der Waals surface area contributed by atoms with Crippen LogP contribution in [0.5, 0.6) is 0 Å². The predicted octanol–water partition coefficient (Wildman–Crippen LogP) is 2.13. The van der Waals surface area contributed by atoms with Gasteiger partial charge in [-0.2, -0.15) is 4.80 Å². The summed E-state index contributed by atoms with van der Waals surface area (Å²) in [6.45, 7) is 2.44. The first-order chi connectivity index (χ1) is 9.99. The highest BCUT2D eigenvalue weighted by atomic mass is 35.5. The number of aryl methyl sites for hydroxylation is 1. The number of carbonyl (C=O) groups is 1. The van der Waals surface area contributed by atoms with Crippen molar-refractivity contribution in [3.8, 4) is 0 Å². The van der Waals surface area contributed by atoms with E-state index in [1.165, 1.54) is 16.9 Å². The quantitative estimate of drug-likeness (QED) is 0.829. The Hall–Kier alpha value is -1.77. The maximum Gasteiger partial charge on any atom is 0.269 e. The van der Waals surface area contributed by atoms with Gasteiger partial charge in [-0.3, -0.25) is 15.4 Å². The predicted molar refractivity (Wildman–Crippen MR) is 83.6 cm³/mol. The largest absolute Gasteiger partial charge is 0.299 e. The van der Waals surface area contributed by atoms with Gasteiger partial charge in [0.1, 0.15) is 0 Å². The fraction of sp³-hybridized carbons (Fsp3) is 0.182. The van der Waals surface area contributed by atoms with Crippen molar-refractivity contribution in [2.45, 2.75) is 13.5 Å². The van der Waals surface area contributed by atoms with Gasteiger partial charge < -0.3 is 0 Å². The highest BCUT2D eigenvalue weighted by Gasteiger charge is 2.13. The van der Waals surface area contributed by atoms with E-state index in [-0.39, 0.29) is 21.6 Å². The standard InChI is InChI=1S/C11H10Cl2N6OS/c1-2-19-17-10(16-18-19)15-11(21)14-9(20)7-5-6(12)3-4-8(7)13/h3-5H,2H2,1H3,(H2,14,15,17,20,21). The van der Waals surface area contributed by atoms with Gasteiger partial charge in [-0.05, 0) is 42.6 Å². The number of hydrogen-bond acceptors (Lipinski definition) is 5. The molecule has 1 aromatic carbocycles. The molecule has 0 saturated heterocycles. The Labute approximate surface area is 135 Å². The lowest BCUT2D eigenvalue weighted by molar-refractivity contribution is 0.0978. The normalized spacial score (nSPS) is 10.2. The summed E-state index contributed by atoms with van der Waals surface area (Å²) in [5, 5.41) is 17.3. The Morgan fingerprint density at radius 1 is 1.43 bits per heavy atom. The second-order valence-corrected chi connectivity index (χ2v) is 5.09. The molecule has 0 unspecified atom stereocenters. The number of amides is 1. The minimum atomic E-state index is -0.483. The number of anilines is 1. The average Bonchev–Trinajstić information content (AvgIpc) is 2.88. The molecule has 0 saturated carbocycles. The maximum absolute atomic E-state index is 12.0. The van der Waals surface area contributed by atoms with E-state index in [0.717, 1.165) is 0 Å². The first-order valence-electron chi connectivity index (χ1n) is 5.84. The van der Waals surface area contributed by atoms with E-state index in [2.05, 4.69) is 26.0 Å². The van der Waals surface area contributed by atoms with E-state index in [4.69, 9.17) is 35.4 Å². The van der Waals surface area contributed by atoms with Crippen LogP contribution in [0.4, 0.5) is 5.95 Å². The van der Waals surface area contributed by atoms with E-state index >= 15 is 0 Å². The Bertz CT molecular complexity index is 689. The zero-order valence-corrected chi connectivity index (χ0v) is 13.1. The zero-order chi connectivity index (χ0) is 15.4. The van der Waals surface area contributed by atoms with Crippen LogP contribution in [0.2, 0.25) is 10.0 Å². The van der Waals surface area contributed by atoms with Gasteiger partial charge in [0.05, 0.1) is 17.1 Å². The third kappa shape index (κ3) is 4.10. The first kappa shape index (κ1) is 15.6. The maximum atomic E-state index is 12.0. The summed E-state index contributed by atoms with van der Waals surface area (Å²) in [4.78, 5) is 13.4. The van der Waals surface area contributed by atoms with Crippen molar-refractivity contribution in [2.24, 2.45) is 0 Å². The number of rotatable bonds is 3. The van der Waals surface area contributed by atoms with Crippen molar-refractivity contribution >= 4 is 52.4 Å². The summed E-state index contributed by atoms with van der Waals surface area (Å²) in [5.74, 6) is -0.290. The lowest BCUT2D eigenvalue weighted by Crippen LogP contribution is -2.34. The molecule has 0 aliphatic rings. The third-order valence-electron chi connectivity index (χ3n) is 2.36. The van der Waals surface area contributed by atoms with Crippen molar-refractivity contribution in [1.29, 1.82) is 0 Å². The average molecular weight is 345 g/mol. The Morgan fingerprint density at radius 2 is 2.19 bits per heavy atom. The molecular formula is C11H10Cl2N6OS. The molecule has 2 aromatic rings. The molecule has 0 atom stereocenters. The molecule has 0 aliphatic heterocycles. The number of nitrogens with zero attached hydrogens (tertiary/aromatic N) is 4. The minimum Gasteiger partial charge on any atom is -0.299 e. The van der Waals surface area contributed by atoms with Gasteiger partial charge in [-0.15, -0.1) is 5.10 Å². The molecule has 7 nitrogen and oxygen atoms in total. The summed E-state index contributed by atoms with van der Waals surface area (Å²) in [6.07, 6.45) is 0. The van der Waals surface area contributed by atoms with Gasteiger partial charge >= 0.3 is 0 Å². The fourth-order valence-electron chi connectivity index (χ4n) is 1.40. The van der Waals surface area contributed by atoms with Gasteiger partial charge in [0, 0.05) is 5.02 Å². The molecule has 110 valence electrons. The highest BCUT2D eigenvalue weighted by Crippen LogP contribution is 2.20. The molecule has 21 heavy (non-hydrogen) atoms. The summed E-state index contributed by atoms with van der Waals surface area (Å²) >= 11 is 16.8. The number of thiocarbonyl (C=S) groups is 1. The van der Waals surface area contributed by atoms with Crippen molar-refractivity contribution in [3.63, 3.8) is 0 Å². The number of tetrazole rings is 1. The molecule has 1 aromatic heterocycles. The molecule has 2 N–H and O–H groups in total. The molecule has 0 aliphatic carbocycles. The molecule has 1 amide bonds. The summed E-state index contributed by atoms with van der Waals surface area (Å²) < 4.78 is 0. The Balaban J connectivity index is 2.02. The summed E-state index contributed by atoms with van der Waals surface area (Å²) in [7, 11) is 0. The van der Waals surface area contributed by atoms with E-state index in [1.807, 2.05) is 6.92 Å². The molecule has 10 heteroatoms. The Kier molecular flexibility index (Phi) is 5.05. The van der Waals surface area contributed by atoms with Crippen LogP contribution < -0.4 is 10.6 Å². The highest BCUT2D eigenvalue weighted by molar-refractivity contribution is 7.80. The van der Waals surface area contributed by atoms with Crippen molar-refractivity contribution in [2.75, 3.05) is 5.32 Å². The smallest absolute Gasteiger partial charge is 0.269 e. The molecule has 0 radical (unpaired) electrons.